The van der Waals surface area contributed by atoms with Crippen LogP contribution in [0.25, 0.3) is 0 Å². The average Bonchev–Trinajstić information content (AvgIpc) is 2.26. The van der Waals surface area contributed by atoms with E-state index in [2.05, 4.69) is 0 Å². The Bertz CT molecular complexity index is 724. The summed E-state index contributed by atoms with van der Waals surface area (Å²) in [4.78, 5) is 10.5. The summed E-state index contributed by atoms with van der Waals surface area (Å²) in [5.74, 6) is -1.83. The Balaban J connectivity index is 3.07. The van der Waals surface area contributed by atoms with E-state index in [1.165, 1.54) is 6.07 Å². The number of nitrogens with two attached hydrogens (primary N) is 1. The minimum atomic E-state index is -4.13. The van der Waals surface area contributed by atoms with Crippen LogP contribution in [0, 0.1) is 0 Å². The molecule has 4 N–H and O–H groups in total. The zero-order valence-corrected chi connectivity index (χ0v) is 12.2. The molecule has 10 heteroatoms. The lowest BCUT2D eigenvalue weighted by Crippen LogP contribution is -2.30. The van der Waals surface area contributed by atoms with Crippen LogP contribution in [0.1, 0.15) is 10.4 Å². The number of hydrogen-bond acceptors (Lipinski definition) is 6. The van der Waals surface area contributed by atoms with E-state index < -0.39 is 36.3 Å². The van der Waals surface area contributed by atoms with Gasteiger partial charge in [-0.05, 0) is 18.2 Å². The molecule has 0 saturated carbocycles. The number of sulfone groups is 1. The molecule has 1 rings (SSSR count). The first kappa shape index (κ1) is 16.4. The molecule has 0 radical (unpaired) electrons. The smallest absolute Gasteiger partial charge is 0.337 e. The van der Waals surface area contributed by atoms with Crippen molar-refractivity contribution in [3.05, 3.63) is 23.8 Å². The number of anilines is 1. The van der Waals surface area contributed by atoms with E-state index in [1.807, 2.05) is 4.72 Å². The highest BCUT2D eigenvalue weighted by atomic mass is 32.2. The average molecular weight is 322 g/mol. The molecule has 1 aromatic rings. The fraction of sp³-hybridized carbons (Fsp3) is 0.300. The summed E-state index contributed by atoms with van der Waals surface area (Å²) in [6.45, 7) is -0.343. The van der Waals surface area contributed by atoms with Crippen molar-refractivity contribution >= 4 is 31.5 Å². The van der Waals surface area contributed by atoms with E-state index >= 15 is 0 Å². The van der Waals surface area contributed by atoms with Gasteiger partial charge in [-0.3, -0.25) is 0 Å². The van der Waals surface area contributed by atoms with E-state index in [4.69, 9.17) is 10.8 Å². The molecule has 0 amide bonds. The highest BCUT2D eigenvalue weighted by Crippen LogP contribution is 2.18. The van der Waals surface area contributed by atoms with Crippen LogP contribution >= 0.6 is 0 Å². The summed E-state index contributed by atoms with van der Waals surface area (Å²) in [5.41, 5.74) is 5.04. The third-order valence-electron chi connectivity index (χ3n) is 2.29. The molecule has 0 fully saturated rings. The summed E-state index contributed by atoms with van der Waals surface area (Å²) >= 11 is 0. The standard InChI is InChI=1S/C10H14N2O6S2/c1-19(15,16)5-4-12-20(17,18)9-3-2-7(11)6-8(9)10(13)14/h2-3,6,12H,4-5,11H2,1H3,(H,13,14). The molecular formula is C10H14N2O6S2. The molecule has 0 saturated heterocycles. The predicted octanol–water partition coefficient (Wildman–Crippen LogP) is -0.710. The maximum absolute atomic E-state index is 11.9. The SMILES string of the molecule is CS(=O)(=O)CCNS(=O)(=O)c1ccc(N)cc1C(=O)O. The quantitative estimate of drug-likeness (QED) is 0.587. The van der Waals surface area contributed by atoms with Gasteiger partial charge in [-0.15, -0.1) is 0 Å². The molecule has 8 nitrogen and oxygen atoms in total. The lowest BCUT2D eigenvalue weighted by molar-refractivity contribution is 0.0692. The van der Waals surface area contributed by atoms with Crippen molar-refractivity contribution in [1.29, 1.82) is 0 Å². The zero-order valence-electron chi connectivity index (χ0n) is 10.5. The molecule has 0 aliphatic heterocycles. The second kappa shape index (κ2) is 5.77. The van der Waals surface area contributed by atoms with Crippen LogP contribution in [0.4, 0.5) is 5.69 Å². The van der Waals surface area contributed by atoms with Crippen LogP contribution in [-0.4, -0.2) is 46.5 Å². The van der Waals surface area contributed by atoms with Gasteiger partial charge in [-0.1, -0.05) is 0 Å². The molecule has 0 aromatic heterocycles. The van der Waals surface area contributed by atoms with E-state index in [0.29, 0.717) is 0 Å². The first-order chi connectivity index (χ1) is 9.03. The molecular weight excluding hydrogens is 308 g/mol. The van der Waals surface area contributed by atoms with Gasteiger partial charge in [0.2, 0.25) is 10.0 Å². The molecule has 0 unspecified atom stereocenters. The van der Waals surface area contributed by atoms with Crippen molar-refractivity contribution in [3.63, 3.8) is 0 Å². The van der Waals surface area contributed by atoms with Crippen LogP contribution in [0.3, 0.4) is 0 Å². The second-order valence-electron chi connectivity index (χ2n) is 4.09. The first-order valence-corrected chi connectivity index (χ1v) is 8.87. The number of carboxylic acids is 1. The first-order valence-electron chi connectivity index (χ1n) is 5.33. The van der Waals surface area contributed by atoms with Crippen LogP contribution in [-0.2, 0) is 19.9 Å². The number of sulfonamides is 1. The van der Waals surface area contributed by atoms with Crippen molar-refractivity contribution in [2.24, 2.45) is 0 Å². The fourth-order valence-corrected chi connectivity index (χ4v) is 3.20. The van der Waals surface area contributed by atoms with Crippen molar-refractivity contribution in [1.82, 2.24) is 4.72 Å². The van der Waals surface area contributed by atoms with E-state index in [1.54, 1.807) is 0 Å². The van der Waals surface area contributed by atoms with Gasteiger partial charge in [0, 0.05) is 18.5 Å². The number of carboxylic acid groups (broad SMARTS) is 1. The molecule has 0 aliphatic rings. The Morgan fingerprint density at radius 2 is 1.90 bits per heavy atom. The Morgan fingerprint density at radius 1 is 1.30 bits per heavy atom. The number of nitrogen functional groups attached to an aromatic ring is 1. The van der Waals surface area contributed by atoms with Gasteiger partial charge in [0.15, 0.2) is 0 Å². The Labute approximate surface area is 116 Å². The molecule has 0 atom stereocenters. The van der Waals surface area contributed by atoms with Gasteiger partial charge in [-0.25, -0.2) is 26.4 Å². The highest BCUT2D eigenvalue weighted by Gasteiger charge is 2.22. The molecule has 0 spiro atoms. The number of rotatable bonds is 6. The number of benzene rings is 1. The Kier molecular flexibility index (Phi) is 4.73. The number of nitrogens with one attached hydrogen (secondary N) is 1. The third kappa shape index (κ3) is 4.47. The molecule has 0 bridgehead atoms. The van der Waals surface area contributed by atoms with E-state index in [-0.39, 0.29) is 18.0 Å². The lowest BCUT2D eigenvalue weighted by atomic mass is 10.2. The summed E-state index contributed by atoms with van der Waals surface area (Å²) < 4.78 is 47.8. The van der Waals surface area contributed by atoms with Gasteiger partial charge in [0.25, 0.3) is 0 Å². The van der Waals surface area contributed by atoms with E-state index in [9.17, 15) is 21.6 Å². The number of hydrogen-bond donors (Lipinski definition) is 3. The van der Waals surface area contributed by atoms with Crippen molar-refractivity contribution < 1.29 is 26.7 Å². The molecule has 20 heavy (non-hydrogen) atoms. The number of carbonyl (C=O) groups is 1. The second-order valence-corrected chi connectivity index (χ2v) is 8.08. The summed E-state index contributed by atoms with van der Waals surface area (Å²) in [5, 5.41) is 8.96. The van der Waals surface area contributed by atoms with Crippen molar-refractivity contribution in [2.75, 3.05) is 24.3 Å². The summed E-state index contributed by atoms with van der Waals surface area (Å²) in [6, 6.07) is 3.33. The molecule has 112 valence electrons. The number of aromatic carboxylic acids is 1. The van der Waals surface area contributed by atoms with Gasteiger partial charge in [-0.2, -0.15) is 0 Å². The predicted molar refractivity (Wildman–Crippen MR) is 72.7 cm³/mol. The Hall–Kier alpha value is -1.65. The minimum absolute atomic E-state index is 0.109. The molecule has 0 heterocycles. The van der Waals surface area contributed by atoms with Gasteiger partial charge in [0.1, 0.15) is 9.84 Å². The van der Waals surface area contributed by atoms with E-state index in [0.717, 1.165) is 18.4 Å². The Morgan fingerprint density at radius 3 is 2.40 bits per heavy atom. The van der Waals surface area contributed by atoms with Gasteiger partial charge < -0.3 is 10.8 Å². The fourth-order valence-electron chi connectivity index (χ4n) is 1.39. The maximum atomic E-state index is 11.9. The summed E-state index contributed by atoms with van der Waals surface area (Å²) in [7, 11) is -7.45. The maximum Gasteiger partial charge on any atom is 0.337 e. The third-order valence-corrected chi connectivity index (χ3v) is 4.75. The molecule has 1 aromatic carbocycles. The van der Waals surface area contributed by atoms with Gasteiger partial charge in [0.05, 0.1) is 16.2 Å². The van der Waals surface area contributed by atoms with Crippen LogP contribution in [0.5, 0.6) is 0 Å². The topological polar surface area (TPSA) is 144 Å². The van der Waals surface area contributed by atoms with Crippen LogP contribution < -0.4 is 10.5 Å². The van der Waals surface area contributed by atoms with Crippen LogP contribution in [0.15, 0.2) is 23.1 Å². The summed E-state index contributed by atoms with van der Waals surface area (Å²) in [6.07, 6.45) is 0.965. The van der Waals surface area contributed by atoms with Crippen LogP contribution in [0.2, 0.25) is 0 Å². The van der Waals surface area contributed by atoms with Crippen molar-refractivity contribution in [2.45, 2.75) is 4.90 Å². The normalized spacial score (nSPS) is 12.2. The lowest BCUT2D eigenvalue weighted by Gasteiger charge is -2.09. The zero-order chi connectivity index (χ0) is 15.6. The minimum Gasteiger partial charge on any atom is -0.478 e. The highest BCUT2D eigenvalue weighted by molar-refractivity contribution is 7.91. The monoisotopic (exact) mass is 322 g/mol. The van der Waals surface area contributed by atoms with Crippen molar-refractivity contribution in [3.8, 4) is 0 Å². The molecule has 0 aliphatic carbocycles. The van der Waals surface area contributed by atoms with Gasteiger partial charge >= 0.3 is 5.97 Å². The largest absolute Gasteiger partial charge is 0.478 e.